The number of piperazine rings is 1. The molecule has 2 aliphatic heterocycles. The monoisotopic (exact) mass is 356 g/mol. The Morgan fingerprint density at radius 3 is 2.95 bits per heavy atom. The molecule has 2 unspecified atom stereocenters. The maximum Gasteiger partial charge on any atom is 0.0426 e. The van der Waals surface area contributed by atoms with Crippen molar-refractivity contribution in [3.63, 3.8) is 0 Å². The van der Waals surface area contributed by atoms with E-state index in [1.165, 1.54) is 43.6 Å². The summed E-state index contributed by atoms with van der Waals surface area (Å²) in [6.45, 7) is 5.94. The average molecular weight is 358 g/mol. The highest BCUT2D eigenvalue weighted by atomic mass is 79.9. The lowest BCUT2D eigenvalue weighted by Crippen LogP contribution is -2.59. The van der Waals surface area contributed by atoms with Crippen LogP contribution in [0, 0.1) is 0 Å². The van der Waals surface area contributed by atoms with Crippen LogP contribution in [0.3, 0.4) is 0 Å². The Hall–Kier alpha value is -0.250. The minimum absolute atomic E-state index is 0.556. The molecular formula is C16H22BrClN2. The zero-order valence-corrected chi connectivity index (χ0v) is 14.3. The van der Waals surface area contributed by atoms with Crippen LogP contribution in [-0.4, -0.2) is 36.6 Å². The number of hydrogen-bond acceptors (Lipinski definition) is 2. The van der Waals surface area contributed by atoms with E-state index in [1.54, 1.807) is 0 Å². The molecular weight excluding hydrogens is 336 g/mol. The summed E-state index contributed by atoms with van der Waals surface area (Å²) in [5, 5.41) is 1.72. The normalized spacial score (nSPS) is 27.4. The molecule has 110 valence electrons. The molecule has 0 N–H and O–H groups in total. The lowest BCUT2D eigenvalue weighted by molar-refractivity contribution is 0.115. The molecule has 1 aromatic rings. The summed E-state index contributed by atoms with van der Waals surface area (Å²) in [5.74, 6) is 0. The van der Waals surface area contributed by atoms with Gasteiger partial charge in [0.25, 0.3) is 0 Å². The molecule has 1 aromatic carbocycles. The van der Waals surface area contributed by atoms with Crippen LogP contribution in [-0.2, 0) is 5.33 Å². The first kappa shape index (κ1) is 14.7. The van der Waals surface area contributed by atoms with Crippen LogP contribution in [0.5, 0.6) is 0 Å². The third kappa shape index (κ3) is 2.86. The van der Waals surface area contributed by atoms with Crippen LogP contribution in [0.2, 0.25) is 5.02 Å². The number of hydrogen-bond donors (Lipinski definition) is 0. The molecule has 0 aliphatic carbocycles. The molecule has 2 nitrogen and oxygen atoms in total. The Morgan fingerprint density at radius 1 is 1.30 bits per heavy atom. The van der Waals surface area contributed by atoms with Gasteiger partial charge in [0.05, 0.1) is 0 Å². The maximum absolute atomic E-state index is 6.23. The maximum atomic E-state index is 6.23. The quantitative estimate of drug-likeness (QED) is 0.728. The van der Waals surface area contributed by atoms with E-state index in [0.717, 1.165) is 22.9 Å². The van der Waals surface area contributed by atoms with Gasteiger partial charge in [0, 0.05) is 41.2 Å². The van der Waals surface area contributed by atoms with Crippen LogP contribution in [0.25, 0.3) is 0 Å². The minimum atomic E-state index is 0.556. The lowest BCUT2D eigenvalue weighted by Gasteiger charge is -2.49. The summed E-state index contributed by atoms with van der Waals surface area (Å²) in [6, 6.07) is 7.55. The third-order valence-electron chi connectivity index (χ3n) is 4.69. The van der Waals surface area contributed by atoms with Gasteiger partial charge in [0.15, 0.2) is 0 Å². The number of benzene rings is 1. The van der Waals surface area contributed by atoms with Gasteiger partial charge in [-0.1, -0.05) is 40.0 Å². The standard InChI is InChI=1S/C16H22BrClN2/c1-12-10-19-7-3-2-4-15(19)11-20(12)16-8-14(18)6-5-13(16)9-17/h5-6,8,12,15H,2-4,7,9-11H2,1H3. The van der Waals surface area contributed by atoms with E-state index >= 15 is 0 Å². The van der Waals surface area contributed by atoms with E-state index in [9.17, 15) is 0 Å². The highest BCUT2D eigenvalue weighted by Gasteiger charge is 2.33. The van der Waals surface area contributed by atoms with E-state index in [-0.39, 0.29) is 0 Å². The van der Waals surface area contributed by atoms with Crippen molar-refractivity contribution in [1.29, 1.82) is 0 Å². The molecule has 2 heterocycles. The number of fused-ring (bicyclic) bond motifs is 1. The number of halogens is 2. The molecule has 0 spiro atoms. The smallest absolute Gasteiger partial charge is 0.0426 e. The first-order valence-corrected chi connectivity index (χ1v) is 9.04. The molecule has 0 bridgehead atoms. The largest absolute Gasteiger partial charge is 0.366 e. The Kier molecular flexibility index (Phi) is 4.58. The summed E-state index contributed by atoms with van der Waals surface area (Å²) in [5.41, 5.74) is 2.65. The predicted octanol–water partition coefficient (Wildman–Crippen LogP) is 4.30. The highest BCUT2D eigenvalue weighted by Crippen LogP contribution is 2.32. The fraction of sp³-hybridized carbons (Fsp3) is 0.625. The Balaban J connectivity index is 1.87. The minimum Gasteiger partial charge on any atom is -0.366 e. The van der Waals surface area contributed by atoms with E-state index in [2.05, 4.69) is 44.8 Å². The van der Waals surface area contributed by atoms with Crippen LogP contribution in [0.1, 0.15) is 31.7 Å². The van der Waals surface area contributed by atoms with Crippen molar-refractivity contribution in [2.24, 2.45) is 0 Å². The second kappa shape index (κ2) is 6.25. The topological polar surface area (TPSA) is 6.48 Å². The summed E-state index contributed by atoms with van der Waals surface area (Å²) in [4.78, 5) is 5.25. The molecule has 2 saturated heterocycles. The lowest BCUT2D eigenvalue weighted by atomic mass is 9.96. The van der Waals surface area contributed by atoms with Gasteiger partial charge in [-0.3, -0.25) is 4.90 Å². The zero-order valence-electron chi connectivity index (χ0n) is 12.0. The van der Waals surface area contributed by atoms with E-state index in [0.29, 0.717) is 6.04 Å². The van der Waals surface area contributed by atoms with Crippen molar-refractivity contribution < 1.29 is 0 Å². The van der Waals surface area contributed by atoms with Gasteiger partial charge in [-0.25, -0.2) is 0 Å². The number of alkyl halides is 1. The molecule has 20 heavy (non-hydrogen) atoms. The first-order chi connectivity index (χ1) is 9.69. The summed E-state index contributed by atoms with van der Waals surface area (Å²) in [7, 11) is 0. The second-order valence-corrected chi connectivity index (χ2v) is 7.05. The Labute approximate surface area is 135 Å². The van der Waals surface area contributed by atoms with E-state index < -0.39 is 0 Å². The summed E-state index contributed by atoms with van der Waals surface area (Å²) < 4.78 is 0. The van der Waals surface area contributed by atoms with E-state index in [4.69, 9.17) is 11.6 Å². The average Bonchev–Trinajstić information content (AvgIpc) is 2.46. The molecule has 2 atom stereocenters. The fourth-order valence-electron chi connectivity index (χ4n) is 3.61. The molecule has 3 rings (SSSR count). The Morgan fingerprint density at radius 2 is 2.15 bits per heavy atom. The molecule has 4 heteroatoms. The van der Waals surface area contributed by atoms with Gasteiger partial charge in [0.1, 0.15) is 0 Å². The van der Waals surface area contributed by atoms with Crippen LogP contribution < -0.4 is 4.90 Å². The van der Waals surface area contributed by atoms with Gasteiger partial charge in [-0.2, -0.15) is 0 Å². The van der Waals surface area contributed by atoms with Gasteiger partial charge in [0.2, 0.25) is 0 Å². The summed E-state index contributed by atoms with van der Waals surface area (Å²) in [6.07, 6.45) is 4.09. The van der Waals surface area contributed by atoms with Gasteiger partial charge in [-0.05, 0) is 44.0 Å². The van der Waals surface area contributed by atoms with Gasteiger partial charge in [-0.15, -0.1) is 0 Å². The van der Waals surface area contributed by atoms with Crippen molar-refractivity contribution in [2.45, 2.75) is 43.6 Å². The number of rotatable bonds is 2. The van der Waals surface area contributed by atoms with Crippen LogP contribution in [0.4, 0.5) is 5.69 Å². The fourth-order valence-corrected chi connectivity index (χ4v) is 4.25. The molecule has 2 aliphatic rings. The molecule has 0 saturated carbocycles. The van der Waals surface area contributed by atoms with Crippen molar-refractivity contribution >= 4 is 33.2 Å². The predicted molar refractivity (Wildman–Crippen MR) is 90.1 cm³/mol. The van der Waals surface area contributed by atoms with Crippen molar-refractivity contribution in [3.05, 3.63) is 28.8 Å². The third-order valence-corrected chi connectivity index (χ3v) is 5.53. The summed E-state index contributed by atoms with van der Waals surface area (Å²) >= 11 is 9.83. The Bertz CT molecular complexity index is 480. The van der Waals surface area contributed by atoms with Crippen LogP contribution in [0.15, 0.2) is 18.2 Å². The molecule has 0 amide bonds. The van der Waals surface area contributed by atoms with Gasteiger partial charge < -0.3 is 4.90 Å². The van der Waals surface area contributed by atoms with Crippen molar-refractivity contribution in [1.82, 2.24) is 4.90 Å². The first-order valence-electron chi connectivity index (χ1n) is 7.54. The number of anilines is 1. The zero-order chi connectivity index (χ0) is 14.1. The number of piperidine rings is 1. The highest BCUT2D eigenvalue weighted by molar-refractivity contribution is 9.08. The number of nitrogens with zero attached hydrogens (tertiary/aromatic N) is 2. The SMILES string of the molecule is CC1CN2CCCCC2CN1c1cc(Cl)ccc1CBr. The van der Waals surface area contributed by atoms with Crippen molar-refractivity contribution in [2.75, 3.05) is 24.5 Å². The molecule has 0 aromatic heterocycles. The van der Waals surface area contributed by atoms with E-state index in [1.807, 2.05) is 6.07 Å². The van der Waals surface area contributed by atoms with Crippen LogP contribution >= 0.6 is 27.5 Å². The second-order valence-electron chi connectivity index (χ2n) is 6.05. The molecule has 2 fully saturated rings. The molecule has 0 radical (unpaired) electrons. The van der Waals surface area contributed by atoms with Gasteiger partial charge >= 0.3 is 0 Å². The van der Waals surface area contributed by atoms with Crippen molar-refractivity contribution in [3.8, 4) is 0 Å².